The summed E-state index contributed by atoms with van der Waals surface area (Å²) in [5, 5.41) is 3.35. The average Bonchev–Trinajstić information content (AvgIpc) is 2.41. The van der Waals surface area contributed by atoms with E-state index in [1.165, 1.54) is 0 Å². The summed E-state index contributed by atoms with van der Waals surface area (Å²) >= 11 is 0. The van der Waals surface area contributed by atoms with Crippen LogP contribution < -0.4 is 5.32 Å². The van der Waals surface area contributed by atoms with Gasteiger partial charge in [-0.15, -0.1) is 6.42 Å². The average molecular weight is 261 g/mol. The van der Waals surface area contributed by atoms with Gasteiger partial charge in [0.1, 0.15) is 5.54 Å². The molecule has 1 N–H and O–H groups in total. The lowest BCUT2D eigenvalue weighted by Gasteiger charge is -2.37. The first-order chi connectivity index (χ1) is 9.10. The van der Waals surface area contributed by atoms with E-state index in [2.05, 4.69) is 11.2 Å². The topological polar surface area (TPSA) is 38.3 Å². The fourth-order valence-corrected chi connectivity index (χ4v) is 2.58. The molecule has 0 amide bonds. The highest BCUT2D eigenvalue weighted by Crippen LogP contribution is 2.33. The van der Waals surface area contributed by atoms with Gasteiger partial charge >= 0.3 is 0 Å². The second kappa shape index (κ2) is 7.16. The van der Waals surface area contributed by atoms with Crippen LogP contribution in [0.2, 0.25) is 0 Å². The van der Waals surface area contributed by atoms with Gasteiger partial charge in [-0.2, -0.15) is 0 Å². The first-order valence-corrected chi connectivity index (χ1v) is 6.78. The van der Waals surface area contributed by atoms with Crippen LogP contribution in [0.15, 0.2) is 23.5 Å². The van der Waals surface area contributed by atoms with Crippen molar-refractivity contribution in [1.29, 1.82) is 0 Å². The van der Waals surface area contributed by atoms with Gasteiger partial charge < -0.3 is 10.1 Å². The molecule has 0 heterocycles. The van der Waals surface area contributed by atoms with Crippen LogP contribution in [-0.4, -0.2) is 25.0 Å². The van der Waals surface area contributed by atoms with Gasteiger partial charge in [0.05, 0.1) is 12.9 Å². The van der Waals surface area contributed by atoms with Gasteiger partial charge in [0, 0.05) is 6.42 Å². The molecule has 0 saturated heterocycles. The lowest BCUT2D eigenvalue weighted by Crippen LogP contribution is -2.54. The van der Waals surface area contributed by atoms with Crippen LogP contribution in [0.5, 0.6) is 0 Å². The van der Waals surface area contributed by atoms with Gasteiger partial charge in [0.25, 0.3) is 0 Å². The minimum Gasteiger partial charge on any atom is -0.501 e. The number of carbonyl (C=O) groups is 1. The smallest absolute Gasteiger partial charge is 0.157 e. The standard InChI is InChI=1S/C16H23NO2/c1-5-9-14(12-13(3)19-4)16(17-6-2)11-8-7-10-15(16)18/h1,9,12,17H,6-8,10-11H2,2-4H3/b13-12+,14-9+. The minimum atomic E-state index is -0.640. The number of rotatable bonds is 5. The maximum atomic E-state index is 12.5. The number of hydrogen-bond donors (Lipinski definition) is 1. The largest absolute Gasteiger partial charge is 0.501 e. The molecule has 0 aromatic rings. The van der Waals surface area contributed by atoms with Crippen LogP contribution in [0.1, 0.15) is 39.5 Å². The number of terminal acetylenes is 1. The molecule has 1 saturated carbocycles. The summed E-state index contributed by atoms with van der Waals surface area (Å²) in [4.78, 5) is 12.5. The zero-order valence-corrected chi connectivity index (χ0v) is 12.1. The van der Waals surface area contributed by atoms with Crippen molar-refractivity contribution in [3.05, 3.63) is 23.5 Å². The number of likely N-dealkylation sites (N-methyl/N-ethyl adjacent to an activating group) is 1. The molecule has 0 aromatic heterocycles. The molecule has 0 aromatic carbocycles. The van der Waals surface area contributed by atoms with Gasteiger partial charge in [-0.25, -0.2) is 0 Å². The fraction of sp³-hybridized carbons (Fsp3) is 0.562. The lowest BCUT2D eigenvalue weighted by molar-refractivity contribution is -0.125. The summed E-state index contributed by atoms with van der Waals surface area (Å²) in [6.45, 7) is 4.59. The van der Waals surface area contributed by atoms with Gasteiger partial charge in [0.2, 0.25) is 0 Å². The number of allylic oxidation sites excluding steroid dienone is 2. The SMILES string of the molecule is C#C/C=C(\C=C(/C)OC)C1(NCC)CCCCC1=O. The normalized spacial score (nSPS) is 25.1. The third kappa shape index (κ3) is 3.48. The van der Waals surface area contributed by atoms with E-state index in [4.69, 9.17) is 11.2 Å². The van der Waals surface area contributed by atoms with E-state index < -0.39 is 5.54 Å². The molecule has 0 radical (unpaired) electrons. The van der Waals surface area contributed by atoms with Gasteiger partial charge in [-0.05, 0) is 44.0 Å². The maximum absolute atomic E-state index is 12.5. The highest BCUT2D eigenvalue weighted by Gasteiger charge is 2.41. The summed E-state index contributed by atoms with van der Waals surface area (Å²) in [5.74, 6) is 3.52. The molecule has 0 aliphatic heterocycles. The van der Waals surface area contributed by atoms with Crippen LogP contribution in [0.25, 0.3) is 0 Å². The van der Waals surface area contributed by atoms with Crippen LogP contribution in [0, 0.1) is 12.3 Å². The van der Waals surface area contributed by atoms with Crippen molar-refractivity contribution in [2.45, 2.75) is 45.1 Å². The molecule has 3 heteroatoms. The number of methoxy groups -OCH3 is 1. The van der Waals surface area contributed by atoms with E-state index in [9.17, 15) is 4.79 Å². The molecule has 1 aliphatic carbocycles. The fourth-order valence-electron chi connectivity index (χ4n) is 2.58. The highest BCUT2D eigenvalue weighted by atomic mass is 16.5. The number of carbonyl (C=O) groups excluding carboxylic acids is 1. The molecule has 1 rings (SSSR count). The van der Waals surface area contributed by atoms with E-state index in [1.54, 1.807) is 13.2 Å². The van der Waals surface area contributed by atoms with E-state index in [0.29, 0.717) is 6.42 Å². The number of ether oxygens (including phenoxy) is 1. The van der Waals surface area contributed by atoms with Crippen molar-refractivity contribution >= 4 is 5.78 Å². The number of ketones is 1. The lowest BCUT2D eigenvalue weighted by atomic mass is 9.74. The first kappa shape index (κ1) is 15.5. The van der Waals surface area contributed by atoms with E-state index in [0.717, 1.165) is 37.1 Å². The third-order valence-corrected chi connectivity index (χ3v) is 3.57. The van der Waals surface area contributed by atoms with Crippen molar-refractivity contribution in [2.24, 2.45) is 0 Å². The zero-order chi connectivity index (χ0) is 14.3. The monoisotopic (exact) mass is 261 g/mol. The quantitative estimate of drug-likeness (QED) is 0.469. The van der Waals surface area contributed by atoms with Gasteiger partial charge in [-0.3, -0.25) is 4.79 Å². The van der Waals surface area contributed by atoms with Crippen LogP contribution in [0.4, 0.5) is 0 Å². The van der Waals surface area contributed by atoms with E-state index in [1.807, 2.05) is 19.9 Å². The molecule has 3 nitrogen and oxygen atoms in total. The highest BCUT2D eigenvalue weighted by molar-refractivity contribution is 5.93. The Kier molecular flexibility index (Phi) is 5.85. The molecule has 0 spiro atoms. The summed E-state index contributed by atoms with van der Waals surface area (Å²) < 4.78 is 5.19. The Labute approximate surface area is 116 Å². The van der Waals surface area contributed by atoms with Crippen molar-refractivity contribution in [1.82, 2.24) is 5.32 Å². The van der Waals surface area contributed by atoms with E-state index >= 15 is 0 Å². The van der Waals surface area contributed by atoms with Crippen LogP contribution >= 0.6 is 0 Å². The Morgan fingerprint density at radius 1 is 1.58 bits per heavy atom. The molecule has 1 atom stereocenters. The van der Waals surface area contributed by atoms with Crippen molar-refractivity contribution in [2.75, 3.05) is 13.7 Å². The van der Waals surface area contributed by atoms with Crippen molar-refractivity contribution in [3.8, 4) is 12.3 Å². The van der Waals surface area contributed by atoms with Gasteiger partial charge in [-0.1, -0.05) is 19.3 Å². The second-order valence-corrected chi connectivity index (χ2v) is 4.79. The summed E-state index contributed by atoms with van der Waals surface area (Å²) in [7, 11) is 1.61. The van der Waals surface area contributed by atoms with E-state index in [-0.39, 0.29) is 5.78 Å². The van der Waals surface area contributed by atoms with Crippen molar-refractivity contribution in [3.63, 3.8) is 0 Å². The van der Waals surface area contributed by atoms with Crippen LogP contribution in [-0.2, 0) is 9.53 Å². The minimum absolute atomic E-state index is 0.224. The number of Topliss-reactive ketones (excluding diaryl/α,β-unsaturated/α-hetero) is 1. The molecule has 1 aliphatic rings. The van der Waals surface area contributed by atoms with Gasteiger partial charge in [0.15, 0.2) is 5.78 Å². The molecule has 1 unspecified atom stereocenters. The molecule has 104 valence electrons. The maximum Gasteiger partial charge on any atom is 0.157 e. The number of hydrogen-bond acceptors (Lipinski definition) is 3. The number of nitrogens with one attached hydrogen (secondary N) is 1. The summed E-state index contributed by atoms with van der Waals surface area (Å²) in [6, 6.07) is 0. The third-order valence-electron chi connectivity index (χ3n) is 3.57. The molecule has 19 heavy (non-hydrogen) atoms. The predicted octanol–water partition coefficient (Wildman–Crippen LogP) is 2.59. The Bertz CT molecular complexity index is 425. The predicted molar refractivity (Wildman–Crippen MR) is 77.6 cm³/mol. The Balaban J connectivity index is 3.24. The van der Waals surface area contributed by atoms with Crippen LogP contribution in [0.3, 0.4) is 0 Å². The van der Waals surface area contributed by atoms with Crippen molar-refractivity contribution < 1.29 is 9.53 Å². The Morgan fingerprint density at radius 2 is 2.32 bits per heavy atom. The summed E-state index contributed by atoms with van der Waals surface area (Å²) in [5.41, 5.74) is 0.194. The molecule has 0 bridgehead atoms. The molecule has 1 fully saturated rings. The molecular formula is C16H23NO2. The summed E-state index contributed by atoms with van der Waals surface area (Å²) in [6.07, 6.45) is 12.3. The Morgan fingerprint density at radius 3 is 2.84 bits per heavy atom. The first-order valence-electron chi connectivity index (χ1n) is 6.78. The molecular weight excluding hydrogens is 238 g/mol. The Hall–Kier alpha value is -1.53. The zero-order valence-electron chi connectivity index (χ0n) is 12.1. The second-order valence-electron chi connectivity index (χ2n) is 4.79.